The number of hydrogen-bond donors (Lipinski definition) is 1. The van der Waals surface area contributed by atoms with Crippen LogP contribution in [-0.2, 0) is 19.6 Å². The van der Waals surface area contributed by atoms with Gasteiger partial charge in [-0.1, -0.05) is 24.8 Å². The summed E-state index contributed by atoms with van der Waals surface area (Å²) >= 11 is 0. The molecule has 0 heterocycles. The summed E-state index contributed by atoms with van der Waals surface area (Å²) in [5.74, 6) is -0.399. The molecule has 7 heteroatoms. The second kappa shape index (κ2) is 6.65. The molecule has 0 radical (unpaired) electrons. The molecule has 0 fully saturated rings. The largest absolute Gasteiger partial charge is 0.465 e. The summed E-state index contributed by atoms with van der Waals surface area (Å²) in [6.45, 7) is 4.05. The van der Waals surface area contributed by atoms with Gasteiger partial charge in [-0.2, -0.15) is 0 Å². The molecule has 1 aromatic carbocycles. The molecule has 0 bridgehead atoms. The van der Waals surface area contributed by atoms with Crippen molar-refractivity contribution >= 4 is 16.0 Å². The topological polar surface area (TPSA) is 81.7 Å². The zero-order valence-electron chi connectivity index (χ0n) is 11.0. The summed E-state index contributed by atoms with van der Waals surface area (Å²) in [5, 5.41) is 0. The van der Waals surface area contributed by atoms with Gasteiger partial charge in [-0.3, -0.25) is 4.84 Å². The highest BCUT2D eigenvalue weighted by molar-refractivity contribution is 7.89. The number of methoxy groups -OCH3 is 1. The Morgan fingerprint density at radius 1 is 1.37 bits per heavy atom. The number of rotatable bonds is 6. The molecule has 0 amide bonds. The quantitative estimate of drug-likeness (QED) is 0.630. The van der Waals surface area contributed by atoms with E-state index in [-0.39, 0.29) is 23.0 Å². The van der Waals surface area contributed by atoms with Crippen molar-refractivity contribution < 1.29 is 22.8 Å². The van der Waals surface area contributed by atoms with Crippen LogP contribution in [0.2, 0.25) is 0 Å². The molecule has 0 aromatic heterocycles. The van der Waals surface area contributed by atoms with E-state index in [9.17, 15) is 13.2 Å². The van der Waals surface area contributed by atoms with Crippen LogP contribution in [0.1, 0.15) is 24.2 Å². The van der Waals surface area contributed by atoms with Gasteiger partial charge in [0.15, 0.2) is 0 Å². The van der Waals surface area contributed by atoms with Gasteiger partial charge in [0.2, 0.25) is 0 Å². The molecule has 0 aliphatic carbocycles. The minimum atomic E-state index is -3.80. The fourth-order valence-corrected chi connectivity index (χ4v) is 2.09. The Labute approximate surface area is 112 Å². The van der Waals surface area contributed by atoms with Crippen molar-refractivity contribution in [1.82, 2.24) is 4.89 Å². The fourth-order valence-electron chi connectivity index (χ4n) is 1.23. The predicted molar refractivity (Wildman–Crippen MR) is 68.9 cm³/mol. The van der Waals surface area contributed by atoms with E-state index in [1.807, 2.05) is 18.7 Å². The third kappa shape index (κ3) is 4.62. The summed E-state index contributed by atoms with van der Waals surface area (Å²) in [7, 11) is -2.57. The standard InChI is InChI=1S/C12H17NO5S/c1-9(2)8-18-13-19(15,16)11-6-4-5-10(7-11)12(14)17-3/h4-7,9,13H,8H2,1-3H3. The average Bonchev–Trinajstić information content (AvgIpc) is 2.37. The number of sulfonamides is 1. The van der Waals surface area contributed by atoms with Gasteiger partial charge in [0.1, 0.15) is 0 Å². The Kier molecular flexibility index (Phi) is 5.46. The van der Waals surface area contributed by atoms with Gasteiger partial charge in [0.05, 0.1) is 24.2 Å². The van der Waals surface area contributed by atoms with E-state index in [1.54, 1.807) is 0 Å². The molecule has 6 nitrogen and oxygen atoms in total. The Balaban J connectivity index is 2.86. The third-order valence-corrected chi connectivity index (χ3v) is 3.36. The lowest BCUT2D eigenvalue weighted by Crippen LogP contribution is -2.26. The van der Waals surface area contributed by atoms with Gasteiger partial charge in [-0.05, 0) is 24.1 Å². The lowest BCUT2D eigenvalue weighted by atomic mass is 10.2. The Morgan fingerprint density at radius 2 is 2.05 bits per heavy atom. The van der Waals surface area contributed by atoms with Crippen molar-refractivity contribution in [1.29, 1.82) is 0 Å². The second-order valence-electron chi connectivity index (χ2n) is 4.31. The summed E-state index contributed by atoms with van der Waals surface area (Å²) in [4.78, 5) is 18.2. The van der Waals surface area contributed by atoms with E-state index in [0.717, 1.165) is 0 Å². The van der Waals surface area contributed by atoms with Gasteiger partial charge >= 0.3 is 5.97 Å². The van der Waals surface area contributed by atoms with Crippen LogP contribution in [0.3, 0.4) is 0 Å². The first-order chi connectivity index (χ1) is 8.86. The van der Waals surface area contributed by atoms with E-state index in [4.69, 9.17) is 4.84 Å². The van der Waals surface area contributed by atoms with Crippen LogP contribution >= 0.6 is 0 Å². The highest BCUT2D eigenvalue weighted by Crippen LogP contribution is 2.12. The maximum atomic E-state index is 11.9. The first-order valence-corrected chi connectivity index (χ1v) is 7.17. The summed E-state index contributed by atoms with van der Waals surface area (Å²) in [6, 6.07) is 5.53. The van der Waals surface area contributed by atoms with Gasteiger partial charge < -0.3 is 4.74 Å². The number of nitrogens with one attached hydrogen (secondary N) is 1. The van der Waals surface area contributed by atoms with E-state index in [1.165, 1.54) is 31.4 Å². The van der Waals surface area contributed by atoms with Gasteiger partial charge in [0, 0.05) is 0 Å². The van der Waals surface area contributed by atoms with Gasteiger partial charge in [-0.25, -0.2) is 13.2 Å². The van der Waals surface area contributed by atoms with Crippen molar-refractivity contribution in [3.05, 3.63) is 29.8 Å². The molecule has 0 spiro atoms. The second-order valence-corrected chi connectivity index (χ2v) is 5.96. The SMILES string of the molecule is COC(=O)c1cccc(S(=O)(=O)NOCC(C)C)c1. The molecule has 0 atom stereocenters. The molecule has 0 saturated heterocycles. The molecule has 0 aliphatic rings. The average molecular weight is 287 g/mol. The number of carbonyl (C=O) groups excluding carboxylic acids is 1. The smallest absolute Gasteiger partial charge is 0.337 e. The molecule has 0 saturated carbocycles. The maximum Gasteiger partial charge on any atom is 0.337 e. The van der Waals surface area contributed by atoms with Crippen molar-refractivity contribution in [3.63, 3.8) is 0 Å². The summed E-state index contributed by atoms with van der Waals surface area (Å²) in [6.07, 6.45) is 0. The van der Waals surface area contributed by atoms with Crippen LogP contribution in [0.25, 0.3) is 0 Å². The number of esters is 1. The van der Waals surface area contributed by atoms with Crippen LogP contribution in [0.5, 0.6) is 0 Å². The van der Waals surface area contributed by atoms with E-state index < -0.39 is 16.0 Å². The zero-order chi connectivity index (χ0) is 14.5. The van der Waals surface area contributed by atoms with Crippen molar-refractivity contribution in [2.75, 3.05) is 13.7 Å². The highest BCUT2D eigenvalue weighted by Gasteiger charge is 2.16. The van der Waals surface area contributed by atoms with Gasteiger partial charge in [0.25, 0.3) is 10.0 Å². The zero-order valence-corrected chi connectivity index (χ0v) is 11.9. The summed E-state index contributed by atoms with van der Waals surface area (Å²) in [5.41, 5.74) is 0.161. The molecule has 1 N–H and O–H groups in total. The van der Waals surface area contributed by atoms with Crippen molar-refractivity contribution in [2.45, 2.75) is 18.7 Å². The molecular formula is C12H17NO5S. The highest BCUT2D eigenvalue weighted by atomic mass is 32.2. The van der Waals surface area contributed by atoms with Gasteiger partial charge in [-0.15, -0.1) is 0 Å². The molecule has 1 rings (SSSR count). The minimum absolute atomic E-state index is 0.0563. The van der Waals surface area contributed by atoms with Crippen molar-refractivity contribution in [2.24, 2.45) is 5.92 Å². The van der Waals surface area contributed by atoms with Crippen LogP contribution in [0.15, 0.2) is 29.2 Å². The number of carbonyl (C=O) groups is 1. The monoisotopic (exact) mass is 287 g/mol. The lowest BCUT2D eigenvalue weighted by Gasteiger charge is -2.09. The van der Waals surface area contributed by atoms with Crippen LogP contribution in [-0.4, -0.2) is 28.1 Å². The minimum Gasteiger partial charge on any atom is -0.465 e. The molecule has 0 unspecified atom stereocenters. The van der Waals surface area contributed by atoms with Crippen LogP contribution < -0.4 is 4.89 Å². The molecule has 19 heavy (non-hydrogen) atoms. The van der Waals surface area contributed by atoms with Crippen LogP contribution in [0, 0.1) is 5.92 Å². The number of ether oxygens (including phenoxy) is 1. The molecule has 106 valence electrons. The Bertz CT molecular complexity index is 539. The maximum absolute atomic E-state index is 11.9. The van der Waals surface area contributed by atoms with E-state index in [2.05, 4.69) is 4.74 Å². The molecule has 0 aliphatic heterocycles. The molecule has 1 aromatic rings. The fraction of sp³-hybridized carbons (Fsp3) is 0.417. The predicted octanol–water partition coefficient (Wildman–Crippen LogP) is 1.34. The normalized spacial score (nSPS) is 11.6. The Morgan fingerprint density at radius 3 is 2.63 bits per heavy atom. The summed E-state index contributed by atoms with van der Waals surface area (Å²) < 4.78 is 28.3. The first kappa shape index (κ1) is 15.6. The van der Waals surface area contributed by atoms with Crippen molar-refractivity contribution in [3.8, 4) is 0 Å². The van der Waals surface area contributed by atoms with E-state index >= 15 is 0 Å². The third-order valence-electron chi connectivity index (χ3n) is 2.15. The van der Waals surface area contributed by atoms with Crippen LogP contribution in [0.4, 0.5) is 0 Å². The molecular weight excluding hydrogens is 270 g/mol. The van der Waals surface area contributed by atoms with E-state index in [0.29, 0.717) is 0 Å². The first-order valence-electron chi connectivity index (χ1n) is 5.69. The number of benzene rings is 1. The Hall–Kier alpha value is -1.44. The lowest BCUT2D eigenvalue weighted by molar-refractivity contribution is 0.0600. The number of hydrogen-bond acceptors (Lipinski definition) is 5.